The van der Waals surface area contributed by atoms with E-state index in [0.29, 0.717) is 23.0 Å². The van der Waals surface area contributed by atoms with Crippen molar-refractivity contribution in [2.24, 2.45) is 0 Å². The Bertz CT molecular complexity index is 771. The first-order valence-electron chi connectivity index (χ1n) is 5.91. The Kier molecular flexibility index (Phi) is 3.15. The zero-order chi connectivity index (χ0) is 14.1. The van der Waals surface area contributed by atoms with Crippen molar-refractivity contribution in [2.75, 3.05) is 17.7 Å². The first-order valence-corrected chi connectivity index (χ1v) is 6.28. The lowest BCUT2D eigenvalue weighted by molar-refractivity contribution is 0.628. The molecule has 0 aliphatic rings. The number of imidazole rings is 1. The van der Waals surface area contributed by atoms with E-state index in [1.807, 2.05) is 16.8 Å². The van der Waals surface area contributed by atoms with Gasteiger partial charge >= 0.3 is 0 Å². The molecule has 2 heterocycles. The summed E-state index contributed by atoms with van der Waals surface area (Å²) in [5.74, 6) is 0.829. The number of rotatable bonds is 3. The van der Waals surface area contributed by atoms with Gasteiger partial charge in [0.25, 0.3) is 0 Å². The molecule has 0 fully saturated rings. The van der Waals surface area contributed by atoms with E-state index < -0.39 is 0 Å². The molecule has 1 aromatic carbocycles. The smallest absolute Gasteiger partial charge is 0.180 e. The Morgan fingerprint density at radius 1 is 1.35 bits per heavy atom. The summed E-state index contributed by atoms with van der Waals surface area (Å²) in [4.78, 5) is 8.62. The van der Waals surface area contributed by atoms with Crippen LogP contribution in [0.3, 0.4) is 0 Å². The first kappa shape index (κ1) is 12.7. The molecular formula is C13H11ClFN5. The van der Waals surface area contributed by atoms with Crippen LogP contribution in [0, 0.1) is 5.82 Å². The zero-order valence-electron chi connectivity index (χ0n) is 10.6. The Labute approximate surface area is 119 Å². The Hall–Kier alpha value is -2.34. The minimum Gasteiger partial charge on any atom is -0.372 e. The van der Waals surface area contributed by atoms with Gasteiger partial charge in [-0.2, -0.15) is 0 Å². The van der Waals surface area contributed by atoms with Gasteiger partial charge in [0.1, 0.15) is 11.6 Å². The summed E-state index contributed by atoms with van der Waals surface area (Å²) >= 11 is 6.01. The van der Waals surface area contributed by atoms with Crippen molar-refractivity contribution in [3.63, 3.8) is 0 Å². The fourth-order valence-electron chi connectivity index (χ4n) is 1.85. The van der Waals surface area contributed by atoms with Crippen LogP contribution >= 0.6 is 11.6 Å². The molecule has 3 rings (SSSR count). The van der Waals surface area contributed by atoms with E-state index in [1.165, 1.54) is 12.1 Å². The SMILES string of the molecule is CNc1cn2ccnc2c(Nc2ccc(F)cc2Cl)n1. The second kappa shape index (κ2) is 4.97. The maximum Gasteiger partial charge on any atom is 0.180 e. The van der Waals surface area contributed by atoms with E-state index in [4.69, 9.17) is 11.6 Å². The molecule has 0 aliphatic heterocycles. The van der Waals surface area contributed by atoms with Gasteiger partial charge in [0.05, 0.1) is 16.9 Å². The van der Waals surface area contributed by atoms with E-state index in [2.05, 4.69) is 20.6 Å². The minimum absolute atomic E-state index is 0.284. The number of anilines is 3. The highest BCUT2D eigenvalue weighted by Gasteiger charge is 2.09. The van der Waals surface area contributed by atoms with E-state index in [-0.39, 0.29) is 10.8 Å². The maximum atomic E-state index is 13.1. The van der Waals surface area contributed by atoms with Crippen LogP contribution in [-0.4, -0.2) is 21.4 Å². The van der Waals surface area contributed by atoms with Crippen LogP contribution in [0.2, 0.25) is 5.02 Å². The van der Waals surface area contributed by atoms with Crippen LogP contribution < -0.4 is 10.6 Å². The molecule has 5 nitrogen and oxygen atoms in total. The van der Waals surface area contributed by atoms with Crippen LogP contribution in [0.25, 0.3) is 5.65 Å². The molecule has 20 heavy (non-hydrogen) atoms. The lowest BCUT2D eigenvalue weighted by atomic mass is 10.3. The Morgan fingerprint density at radius 3 is 2.95 bits per heavy atom. The normalized spacial score (nSPS) is 10.8. The summed E-state index contributed by atoms with van der Waals surface area (Å²) in [7, 11) is 1.78. The highest BCUT2D eigenvalue weighted by atomic mass is 35.5. The minimum atomic E-state index is -0.386. The van der Waals surface area contributed by atoms with E-state index in [9.17, 15) is 4.39 Å². The third-order valence-corrected chi connectivity index (χ3v) is 3.13. The largest absolute Gasteiger partial charge is 0.372 e. The number of aromatic nitrogens is 3. The number of fused-ring (bicyclic) bond motifs is 1. The molecule has 7 heteroatoms. The monoisotopic (exact) mass is 291 g/mol. The maximum absolute atomic E-state index is 13.1. The Balaban J connectivity index is 2.07. The van der Waals surface area contributed by atoms with Crippen molar-refractivity contribution in [2.45, 2.75) is 0 Å². The van der Waals surface area contributed by atoms with Gasteiger partial charge in [-0.25, -0.2) is 14.4 Å². The van der Waals surface area contributed by atoms with Crippen molar-refractivity contribution >= 4 is 34.6 Å². The fourth-order valence-corrected chi connectivity index (χ4v) is 2.07. The molecule has 102 valence electrons. The lowest BCUT2D eigenvalue weighted by Crippen LogP contribution is -2.02. The van der Waals surface area contributed by atoms with Crippen LogP contribution in [0.4, 0.5) is 21.7 Å². The summed E-state index contributed by atoms with van der Waals surface area (Å²) in [5, 5.41) is 6.32. The molecule has 0 spiro atoms. The lowest BCUT2D eigenvalue weighted by Gasteiger charge is -2.10. The summed E-state index contributed by atoms with van der Waals surface area (Å²) in [6.07, 6.45) is 5.31. The highest BCUT2D eigenvalue weighted by molar-refractivity contribution is 6.33. The van der Waals surface area contributed by atoms with Gasteiger partial charge in [0.2, 0.25) is 0 Å². The average Bonchev–Trinajstić information content (AvgIpc) is 2.90. The van der Waals surface area contributed by atoms with Gasteiger partial charge in [0.15, 0.2) is 11.5 Å². The van der Waals surface area contributed by atoms with Gasteiger partial charge in [-0.15, -0.1) is 0 Å². The molecule has 2 aromatic heterocycles. The third-order valence-electron chi connectivity index (χ3n) is 2.81. The van der Waals surface area contributed by atoms with E-state index in [1.54, 1.807) is 19.3 Å². The second-order valence-corrected chi connectivity index (χ2v) is 4.54. The van der Waals surface area contributed by atoms with Crippen LogP contribution in [0.15, 0.2) is 36.8 Å². The van der Waals surface area contributed by atoms with Crippen LogP contribution in [0.1, 0.15) is 0 Å². The molecule has 0 bridgehead atoms. The molecule has 3 aromatic rings. The van der Waals surface area contributed by atoms with Crippen molar-refractivity contribution in [3.05, 3.63) is 47.6 Å². The molecule has 0 amide bonds. The van der Waals surface area contributed by atoms with Crippen molar-refractivity contribution in [1.82, 2.24) is 14.4 Å². The van der Waals surface area contributed by atoms with Gasteiger partial charge in [-0.3, -0.25) is 0 Å². The summed E-state index contributed by atoms with van der Waals surface area (Å²) in [6.45, 7) is 0. The number of nitrogens with zero attached hydrogens (tertiary/aromatic N) is 3. The summed E-state index contributed by atoms with van der Waals surface area (Å²) in [6, 6.07) is 4.14. The number of hydrogen-bond acceptors (Lipinski definition) is 4. The van der Waals surface area contributed by atoms with Crippen molar-refractivity contribution < 1.29 is 4.39 Å². The standard InChI is InChI=1S/C13H11ClFN5/c1-16-11-7-20-5-4-17-13(20)12(19-11)18-10-3-2-8(15)6-9(10)14/h2-7,16H,1H3,(H,18,19). The molecule has 0 atom stereocenters. The molecule has 0 aliphatic carbocycles. The fraction of sp³-hybridized carbons (Fsp3) is 0.0769. The van der Waals surface area contributed by atoms with E-state index in [0.717, 1.165) is 0 Å². The first-order chi connectivity index (χ1) is 9.67. The average molecular weight is 292 g/mol. The van der Waals surface area contributed by atoms with Gasteiger partial charge in [0, 0.05) is 19.4 Å². The Morgan fingerprint density at radius 2 is 2.20 bits per heavy atom. The van der Waals surface area contributed by atoms with Gasteiger partial charge < -0.3 is 15.0 Å². The number of halogens is 2. The van der Waals surface area contributed by atoms with Gasteiger partial charge in [-0.1, -0.05) is 11.6 Å². The predicted molar refractivity (Wildman–Crippen MR) is 77.2 cm³/mol. The molecule has 0 saturated carbocycles. The quantitative estimate of drug-likeness (QED) is 0.777. The molecule has 2 N–H and O–H groups in total. The number of benzene rings is 1. The topological polar surface area (TPSA) is 54.2 Å². The third kappa shape index (κ3) is 2.25. The molecule has 0 radical (unpaired) electrons. The van der Waals surface area contributed by atoms with Gasteiger partial charge in [-0.05, 0) is 18.2 Å². The molecular weight excluding hydrogens is 281 g/mol. The van der Waals surface area contributed by atoms with Crippen LogP contribution in [-0.2, 0) is 0 Å². The second-order valence-electron chi connectivity index (χ2n) is 4.13. The van der Waals surface area contributed by atoms with E-state index >= 15 is 0 Å². The summed E-state index contributed by atoms with van der Waals surface area (Å²) < 4.78 is 14.9. The summed E-state index contributed by atoms with van der Waals surface area (Å²) in [5.41, 5.74) is 1.23. The predicted octanol–water partition coefficient (Wildman–Crippen LogP) is 3.31. The number of hydrogen-bond donors (Lipinski definition) is 2. The molecule has 0 unspecified atom stereocenters. The zero-order valence-corrected chi connectivity index (χ0v) is 11.3. The highest BCUT2D eigenvalue weighted by Crippen LogP contribution is 2.27. The van der Waals surface area contributed by atoms with Crippen molar-refractivity contribution in [3.8, 4) is 0 Å². The van der Waals surface area contributed by atoms with Crippen molar-refractivity contribution in [1.29, 1.82) is 0 Å². The molecule has 0 saturated heterocycles. The number of nitrogens with one attached hydrogen (secondary N) is 2. The van der Waals surface area contributed by atoms with Crippen LogP contribution in [0.5, 0.6) is 0 Å².